The molecule has 1 heterocycles. The van der Waals surface area contributed by atoms with Gasteiger partial charge in [0.25, 0.3) is 0 Å². The second-order valence-corrected chi connectivity index (χ2v) is 6.04. The highest BCUT2D eigenvalue weighted by molar-refractivity contribution is 5.93. The minimum Gasteiger partial charge on any atom is -0.310 e. The molecule has 110 valence electrons. The highest BCUT2D eigenvalue weighted by Crippen LogP contribution is 2.30. The molecule has 1 N–H and O–H groups in total. The Kier molecular flexibility index (Phi) is 4.76. The predicted molar refractivity (Wildman–Crippen MR) is 81.7 cm³/mol. The van der Waals surface area contributed by atoms with Crippen molar-refractivity contribution < 1.29 is 4.79 Å². The SMILES string of the molecule is CCC(C)c1ccc(NC(=O)C2CC2)nc1CN(C)C. The Balaban J connectivity index is 2.19. The molecule has 1 atom stereocenters. The molecule has 0 radical (unpaired) electrons. The quantitative estimate of drug-likeness (QED) is 0.868. The first-order chi connectivity index (χ1) is 9.51. The van der Waals surface area contributed by atoms with Crippen LogP contribution in [0.4, 0.5) is 5.82 Å². The monoisotopic (exact) mass is 275 g/mol. The van der Waals surface area contributed by atoms with Gasteiger partial charge in [-0.05, 0) is 50.9 Å². The van der Waals surface area contributed by atoms with Crippen molar-refractivity contribution in [3.63, 3.8) is 0 Å². The van der Waals surface area contributed by atoms with E-state index in [-0.39, 0.29) is 11.8 Å². The summed E-state index contributed by atoms with van der Waals surface area (Å²) in [5, 5.41) is 2.93. The van der Waals surface area contributed by atoms with Gasteiger partial charge in [-0.2, -0.15) is 0 Å². The molecule has 0 bridgehead atoms. The van der Waals surface area contributed by atoms with Crippen LogP contribution in [0.1, 0.15) is 50.3 Å². The third-order valence-electron chi connectivity index (χ3n) is 3.82. The zero-order valence-corrected chi connectivity index (χ0v) is 12.9. The summed E-state index contributed by atoms with van der Waals surface area (Å²) in [4.78, 5) is 18.6. The molecule has 0 aliphatic heterocycles. The van der Waals surface area contributed by atoms with Crippen LogP contribution in [0.5, 0.6) is 0 Å². The van der Waals surface area contributed by atoms with Crippen molar-refractivity contribution >= 4 is 11.7 Å². The lowest BCUT2D eigenvalue weighted by atomic mass is 9.97. The van der Waals surface area contributed by atoms with Crippen LogP contribution in [0.15, 0.2) is 12.1 Å². The summed E-state index contributed by atoms with van der Waals surface area (Å²) in [6.45, 7) is 5.21. The molecule has 4 nitrogen and oxygen atoms in total. The summed E-state index contributed by atoms with van der Waals surface area (Å²) in [7, 11) is 4.08. The lowest BCUT2D eigenvalue weighted by molar-refractivity contribution is -0.117. The van der Waals surface area contributed by atoms with Gasteiger partial charge in [0.1, 0.15) is 5.82 Å². The van der Waals surface area contributed by atoms with Gasteiger partial charge in [0.2, 0.25) is 5.91 Å². The number of aromatic nitrogens is 1. The average molecular weight is 275 g/mol. The smallest absolute Gasteiger partial charge is 0.228 e. The molecule has 20 heavy (non-hydrogen) atoms. The van der Waals surface area contributed by atoms with Crippen LogP contribution >= 0.6 is 0 Å². The van der Waals surface area contributed by atoms with E-state index < -0.39 is 0 Å². The van der Waals surface area contributed by atoms with Crippen LogP contribution in [0.25, 0.3) is 0 Å². The third-order valence-corrected chi connectivity index (χ3v) is 3.82. The molecule has 1 aliphatic carbocycles. The first kappa shape index (κ1) is 15.0. The summed E-state index contributed by atoms with van der Waals surface area (Å²) in [6.07, 6.45) is 3.12. The van der Waals surface area contributed by atoms with E-state index >= 15 is 0 Å². The molecule has 1 fully saturated rings. The van der Waals surface area contributed by atoms with Crippen molar-refractivity contribution in [3.8, 4) is 0 Å². The normalized spacial score (nSPS) is 16.2. The Morgan fingerprint density at radius 1 is 1.45 bits per heavy atom. The third kappa shape index (κ3) is 3.79. The molecule has 1 unspecified atom stereocenters. The highest BCUT2D eigenvalue weighted by Gasteiger charge is 2.29. The number of rotatable bonds is 6. The summed E-state index contributed by atoms with van der Waals surface area (Å²) in [5.74, 6) is 1.50. The molecule has 4 heteroatoms. The molecule has 1 aromatic rings. The lowest BCUT2D eigenvalue weighted by Gasteiger charge is -2.18. The first-order valence-electron chi connectivity index (χ1n) is 7.46. The number of hydrogen-bond acceptors (Lipinski definition) is 3. The molecule has 0 aromatic carbocycles. The predicted octanol–water partition coefficient (Wildman–Crippen LogP) is 3.01. The maximum atomic E-state index is 11.8. The number of amides is 1. The van der Waals surface area contributed by atoms with Gasteiger partial charge in [-0.1, -0.05) is 19.9 Å². The van der Waals surface area contributed by atoms with Crippen LogP contribution in [-0.2, 0) is 11.3 Å². The second kappa shape index (κ2) is 6.35. The molecule has 0 saturated heterocycles. The van der Waals surface area contributed by atoms with E-state index in [0.29, 0.717) is 11.7 Å². The molecular formula is C16H25N3O. The Morgan fingerprint density at radius 2 is 2.15 bits per heavy atom. The highest BCUT2D eigenvalue weighted by atomic mass is 16.2. The molecule has 1 amide bonds. The van der Waals surface area contributed by atoms with E-state index in [1.807, 2.05) is 20.2 Å². The first-order valence-corrected chi connectivity index (χ1v) is 7.46. The van der Waals surface area contributed by atoms with Crippen molar-refractivity contribution in [2.75, 3.05) is 19.4 Å². The topological polar surface area (TPSA) is 45.2 Å². The van der Waals surface area contributed by atoms with Gasteiger partial charge < -0.3 is 10.2 Å². The van der Waals surface area contributed by atoms with Crippen molar-refractivity contribution in [2.45, 2.75) is 45.6 Å². The maximum absolute atomic E-state index is 11.8. The van der Waals surface area contributed by atoms with Gasteiger partial charge in [0, 0.05) is 12.5 Å². The molecule has 1 aromatic heterocycles. The second-order valence-electron chi connectivity index (χ2n) is 6.04. The van der Waals surface area contributed by atoms with Crippen molar-refractivity contribution in [1.82, 2.24) is 9.88 Å². The standard InChI is InChI=1S/C16H25N3O/c1-5-11(2)13-8-9-15(17-14(13)10-19(3)4)18-16(20)12-6-7-12/h8-9,11-12H,5-7,10H2,1-4H3,(H,17,18,20). The van der Waals surface area contributed by atoms with Crippen molar-refractivity contribution in [1.29, 1.82) is 0 Å². The molecular weight excluding hydrogens is 250 g/mol. The number of nitrogens with one attached hydrogen (secondary N) is 1. The Bertz CT molecular complexity index is 481. The minimum absolute atomic E-state index is 0.115. The molecule has 2 rings (SSSR count). The fraction of sp³-hybridized carbons (Fsp3) is 0.625. The van der Waals surface area contributed by atoms with Gasteiger partial charge in [0.15, 0.2) is 0 Å². The minimum atomic E-state index is 0.115. The van der Waals surface area contributed by atoms with Gasteiger partial charge in [-0.15, -0.1) is 0 Å². The van der Waals surface area contributed by atoms with Gasteiger partial charge in [-0.25, -0.2) is 4.98 Å². The van der Waals surface area contributed by atoms with Crippen LogP contribution in [0.3, 0.4) is 0 Å². The lowest BCUT2D eigenvalue weighted by Crippen LogP contribution is -2.18. The van der Waals surface area contributed by atoms with Crippen molar-refractivity contribution in [3.05, 3.63) is 23.4 Å². The van der Waals surface area contributed by atoms with Crippen LogP contribution in [0.2, 0.25) is 0 Å². The van der Waals surface area contributed by atoms with Gasteiger partial charge in [-0.3, -0.25) is 4.79 Å². The largest absolute Gasteiger partial charge is 0.310 e. The van der Waals surface area contributed by atoms with E-state index in [0.717, 1.165) is 31.5 Å². The van der Waals surface area contributed by atoms with Crippen LogP contribution < -0.4 is 5.32 Å². The van der Waals surface area contributed by atoms with E-state index in [2.05, 4.69) is 35.1 Å². The summed E-state index contributed by atoms with van der Waals surface area (Å²) in [6, 6.07) is 4.05. The number of pyridine rings is 1. The van der Waals surface area contributed by atoms with Gasteiger partial charge >= 0.3 is 0 Å². The van der Waals surface area contributed by atoms with E-state index in [1.54, 1.807) is 0 Å². The summed E-state index contributed by atoms with van der Waals surface area (Å²) >= 11 is 0. The number of anilines is 1. The van der Waals surface area contributed by atoms with E-state index in [4.69, 9.17) is 0 Å². The fourth-order valence-corrected chi connectivity index (χ4v) is 2.25. The number of carbonyl (C=O) groups excluding carboxylic acids is 1. The molecule has 1 saturated carbocycles. The average Bonchev–Trinajstić information content (AvgIpc) is 3.21. The zero-order valence-electron chi connectivity index (χ0n) is 12.9. The maximum Gasteiger partial charge on any atom is 0.228 e. The van der Waals surface area contributed by atoms with E-state index in [9.17, 15) is 4.79 Å². The fourth-order valence-electron chi connectivity index (χ4n) is 2.25. The Morgan fingerprint density at radius 3 is 2.70 bits per heavy atom. The summed E-state index contributed by atoms with van der Waals surface area (Å²) < 4.78 is 0. The number of carbonyl (C=O) groups is 1. The van der Waals surface area contributed by atoms with Crippen LogP contribution in [-0.4, -0.2) is 29.9 Å². The number of hydrogen-bond donors (Lipinski definition) is 1. The van der Waals surface area contributed by atoms with Gasteiger partial charge in [0.05, 0.1) is 5.69 Å². The Hall–Kier alpha value is -1.42. The molecule has 1 aliphatic rings. The van der Waals surface area contributed by atoms with Crippen LogP contribution in [0, 0.1) is 5.92 Å². The zero-order chi connectivity index (χ0) is 14.7. The van der Waals surface area contributed by atoms with E-state index in [1.165, 1.54) is 5.56 Å². The summed E-state index contributed by atoms with van der Waals surface area (Å²) in [5.41, 5.74) is 2.35. The Labute approximate surface area is 121 Å². The van der Waals surface area contributed by atoms with Crippen molar-refractivity contribution in [2.24, 2.45) is 5.92 Å². The number of nitrogens with zero attached hydrogens (tertiary/aromatic N) is 2. The molecule has 0 spiro atoms.